The third kappa shape index (κ3) is 3.46. The Bertz CT molecular complexity index is 1330. The van der Waals surface area contributed by atoms with Crippen LogP contribution in [0.1, 0.15) is 18.1 Å². The average molecular weight is 458 g/mol. The van der Waals surface area contributed by atoms with Gasteiger partial charge >= 0.3 is 18.4 Å². The first-order valence-corrected chi connectivity index (χ1v) is 8.98. The summed E-state index contributed by atoms with van der Waals surface area (Å²) in [5, 5.41) is 10.5. The zero-order valence-corrected chi connectivity index (χ0v) is 16.0. The van der Waals surface area contributed by atoms with Gasteiger partial charge in [-0.25, -0.2) is 4.79 Å². The van der Waals surface area contributed by atoms with Crippen LogP contribution in [0.4, 0.5) is 31.1 Å². The molecular weight excluding hydrogens is 446 g/mol. The quantitative estimate of drug-likeness (QED) is 0.449. The summed E-state index contributed by atoms with van der Waals surface area (Å²) in [6, 6.07) is 0.176. The van der Waals surface area contributed by atoms with E-state index in [0.717, 1.165) is 10.9 Å². The number of aromatic nitrogens is 5. The fraction of sp³-hybridized carbons (Fsp3) is 0.222. The Morgan fingerprint density at radius 3 is 2.28 bits per heavy atom. The van der Waals surface area contributed by atoms with E-state index in [1.165, 1.54) is 6.20 Å². The van der Waals surface area contributed by atoms with Crippen LogP contribution in [0, 0.1) is 0 Å². The molecule has 0 atom stereocenters. The van der Waals surface area contributed by atoms with Crippen LogP contribution in [0.25, 0.3) is 28.0 Å². The lowest BCUT2D eigenvalue weighted by molar-refractivity contribution is -0.143. The van der Waals surface area contributed by atoms with Crippen molar-refractivity contribution in [2.75, 3.05) is 6.54 Å². The van der Waals surface area contributed by atoms with Crippen LogP contribution < -0.4 is 10.9 Å². The predicted octanol–water partition coefficient (Wildman–Crippen LogP) is 3.63. The molecule has 0 fully saturated rings. The fourth-order valence-electron chi connectivity index (χ4n) is 3.16. The van der Waals surface area contributed by atoms with Crippen molar-refractivity contribution in [2.24, 2.45) is 0 Å². The van der Waals surface area contributed by atoms with Gasteiger partial charge in [0.2, 0.25) is 0 Å². The zero-order valence-electron chi connectivity index (χ0n) is 16.0. The summed E-state index contributed by atoms with van der Waals surface area (Å²) in [5.74, 6) is 0. The Morgan fingerprint density at radius 2 is 1.72 bits per heavy atom. The van der Waals surface area contributed by atoms with Crippen molar-refractivity contribution in [3.05, 3.63) is 52.1 Å². The number of nitrogens with zero attached hydrogens (tertiary/aromatic N) is 4. The van der Waals surface area contributed by atoms with Crippen molar-refractivity contribution in [1.82, 2.24) is 29.9 Å². The normalized spacial score (nSPS) is 12.6. The molecule has 2 aliphatic rings. The van der Waals surface area contributed by atoms with Gasteiger partial charge in [-0.3, -0.25) is 4.79 Å². The molecule has 0 saturated carbocycles. The smallest absolute Gasteiger partial charge is 0.345 e. The maximum atomic E-state index is 13.2. The van der Waals surface area contributed by atoms with Crippen LogP contribution in [-0.4, -0.2) is 37.1 Å². The highest BCUT2D eigenvalue weighted by Crippen LogP contribution is 2.37. The summed E-state index contributed by atoms with van der Waals surface area (Å²) < 4.78 is 80.5. The lowest BCUT2D eigenvalue weighted by Gasteiger charge is -2.13. The van der Waals surface area contributed by atoms with Gasteiger partial charge in [-0.1, -0.05) is 0 Å². The van der Waals surface area contributed by atoms with E-state index in [-0.39, 0.29) is 28.4 Å². The summed E-state index contributed by atoms with van der Waals surface area (Å²) in [5.41, 5.74) is -4.85. The number of aromatic amines is 1. The molecule has 2 aliphatic heterocycles. The maximum Gasteiger partial charge on any atom is 0.416 e. The zero-order chi connectivity index (χ0) is 23.4. The van der Waals surface area contributed by atoms with Crippen LogP contribution in [0.5, 0.6) is 0 Å². The van der Waals surface area contributed by atoms with Crippen molar-refractivity contribution in [3.63, 3.8) is 0 Å². The summed E-state index contributed by atoms with van der Waals surface area (Å²) in [6.07, 6.45) is -7.81. The lowest BCUT2D eigenvalue weighted by atomic mass is 10.1. The van der Waals surface area contributed by atoms with Crippen molar-refractivity contribution in [2.45, 2.75) is 19.3 Å². The molecule has 32 heavy (non-hydrogen) atoms. The third-order valence-corrected chi connectivity index (χ3v) is 4.59. The second kappa shape index (κ2) is 7.10. The number of nitrogens with one attached hydrogen (secondary N) is 2. The minimum absolute atomic E-state index is 0.0421. The Kier molecular flexibility index (Phi) is 4.75. The molecule has 8 nitrogen and oxygen atoms in total. The molecule has 0 bridgehead atoms. The number of carbonyl (C=O) groups is 1. The number of benzene rings is 1. The number of hydrogen-bond donors (Lipinski definition) is 2. The highest BCUT2D eigenvalue weighted by Gasteiger charge is 2.37. The molecule has 168 valence electrons. The molecule has 0 radical (unpaired) electrons. The van der Waals surface area contributed by atoms with Gasteiger partial charge in [0.15, 0.2) is 0 Å². The summed E-state index contributed by atoms with van der Waals surface area (Å²) in [4.78, 5) is 27.5. The molecule has 4 rings (SSSR count). The minimum Gasteiger partial charge on any atom is -0.345 e. The topological polar surface area (TPSA) is 97.6 Å². The van der Waals surface area contributed by atoms with Gasteiger partial charge in [-0.05, 0) is 25.1 Å². The van der Waals surface area contributed by atoms with E-state index in [9.17, 15) is 35.9 Å². The number of hydrogen-bond acceptors (Lipinski definition) is 4. The molecule has 2 N–H and O–H groups in total. The van der Waals surface area contributed by atoms with Gasteiger partial charge in [0.25, 0.3) is 5.56 Å². The van der Waals surface area contributed by atoms with E-state index in [1.807, 2.05) is 0 Å². The van der Waals surface area contributed by atoms with Gasteiger partial charge in [0, 0.05) is 12.7 Å². The number of fused-ring (bicyclic) bond motifs is 3. The van der Waals surface area contributed by atoms with E-state index < -0.39 is 40.8 Å². The molecule has 0 unspecified atom stereocenters. The molecule has 0 saturated heterocycles. The summed E-state index contributed by atoms with van der Waals surface area (Å²) >= 11 is 0. The molecule has 3 heterocycles. The molecule has 2 aromatic rings. The van der Waals surface area contributed by atoms with Gasteiger partial charge in [0.05, 0.1) is 34.0 Å². The number of alkyl halides is 6. The van der Waals surface area contributed by atoms with Gasteiger partial charge in [-0.2, -0.15) is 45.9 Å². The van der Waals surface area contributed by atoms with Gasteiger partial charge in [-0.15, -0.1) is 0 Å². The molecular formula is C18H12F6N6O2. The van der Waals surface area contributed by atoms with Crippen LogP contribution >= 0.6 is 0 Å². The molecule has 1 aromatic heterocycles. The maximum absolute atomic E-state index is 13.2. The fourth-order valence-corrected chi connectivity index (χ4v) is 3.16. The summed E-state index contributed by atoms with van der Waals surface area (Å²) in [7, 11) is 0. The van der Waals surface area contributed by atoms with Gasteiger partial charge in [0.1, 0.15) is 11.3 Å². The van der Waals surface area contributed by atoms with Crippen LogP contribution in [0.15, 0.2) is 35.4 Å². The largest absolute Gasteiger partial charge is 0.416 e. The van der Waals surface area contributed by atoms with E-state index in [1.54, 1.807) is 6.92 Å². The first kappa shape index (κ1) is 21.4. The lowest BCUT2D eigenvalue weighted by Crippen LogP contribution is -2.29. The van der Waals surface area contributed by atoms with Crippen molar-refractivity contribution >= 4 is 17.1 Å². The van der Waals surface area contributed by atoms with E-state index in [4.69, 9.17) is 0 Å². The Labute approximate surface area is 173 Å². The van der Waals surface area contributed by atoms with Crippen molar-refractivity contribution in [3.8, 4) is 16.9 Å². The predicted molar refractivity (Wildman–Crippen MR) is 98.6 cm³/mol. The highest BCUT2D eigenvalue weighted by atomic mass is 19.4. The second-order valence-electron chi connectivity index (χ2n) is 6.69. The number of amides is 1. The Hall–Kier alpha value is -3.84. The van der Waals surface area contributed by atoms with Crippen LogP contribution in [-0.2, 0) is 12.4 Å². The SMILES string of the molecule is CCNC(=O)n1ncc2c3nn(-c4cc(C(F)(F)F)cc(C(F)(F)F)c4)c(=O)c-3c[nH]c21. The highest BCUT2D eigenvalue weighted by molar-refractivity contribution is 5.95. The molecule has 1 aromatic carbocycles. The average Bonchev–Trinajstić information content (AvgIpc) is 3.28. The van der Waals surface area contributed by atoms with Crippen LogP contribution in [0.2, 0.25) is 0 Å². The first-order valence-electron chi connectivity index (χ1n) is 8.98. The molecule has 1 amide bonds. The standard InChI is InChI=1S/C18H12F6N6O2/c1-2-25-16(32)30-14-11(7-27-30)13-12(6-26-14)15(31)29(28-13)10-4-8(17(19,20)21)3-9(5-10)18(22,23)24/h3-7,26H,2H2,1H3,(H,25,32). The Balaban J connectivity index is 1.95. The van der Waals surface area contributed by atoms with E-state index in [2.05, 4.69) is 20.5 Å². The van der Waals surface area contributed by atoms with Crippen molar-refractivity contribution in [1.29, 1.82) is 0 Å². The first-order chi connectivity index (χ1) is 14.9. The molecule has 0 aliphatic carbocycles. The second-order valence-corrected chi connectivity index (χ2v) is 6.69. The number of rotatable bonds is 2. The minimum atomic E-state index is -5.08. The molecule has 0 spiro atoms. The number of pyridine rings is 1. The Morgan fingerprint density at radius 1 is 1.09 bits per heavy atom. The number of halogens is 6. The monoisotopic (exact) mass is 458 g/mol. The van der Waals surface area contributed by atoms with Gasteiger partial charge < -0.3 is 10.3 Å². The number of carbonyl (C=O) groups excluding carboxylic acids is 1. The number of H-pyrrole nitrogens is 1. The van der Waals surface area contributed by atoms with Crippen LogP contribution in [0.3, 0.4) is 0 Å². The third-order valence-electron chi connectivity index (χ3n) is 4.59. The van der Waals surface area contributed by atoms with Crippen molar-refractivity contribution < 1.29 is 31.1 Å². The summed E-state index contributed by atoms with van der Waals surface area (Å²) in [6.45, 7) is 1.99. The van der Waals surface area contributed by atoms with E-state index in [0.29, 0.717) is 23.4 Å². The molecule has 14 heteroatoms. The van der Waals surface area contributed by atoms with E-state index >= 15 is 0 Å².